The Morgan fingerprint density at radius 1 is 1.33 bits per heavy atom. The lowest BCUT2D eigenvalue weighted by Gasteiger charge is -2.14. The van der Waals surface area contributed by atoms with E-state index in [2.05, 4.69) is 37.4 Å². The fourth-order valence-corrected chi connectivity index (χ4v) is 3.06. The van der Waals surface area contributed by atoms with Crippen LogP contribution in [-0.2, 0) is 6.42 Å². The summed E-state index contributed by atoms with van der Waals surface area (Å²) in [6, 6.07) is 6.46. The Bertz CT molecular complexity index is 580. The number of thiazole rings is 1. The van der Waals surface area contributed by atoms with Crippen molar-refractivity contribution in [2.24, 2.45) is 5.73 Å². The van der Waals surface area contributed by atoms with Gasteiger partial charge in [0.05, 0.1) is 17.3 Å². The molecule has 0 saturated heterocycles. The van der Waals surface area contributed by atoms with E-state index < -0.39 is 0 Å². The molecule has 114 valence electrons. The lowest BCUT2D eigenvalue weighted by molar-refractivity contribution is 0.341. The largest absolute Gasteiger partial charge is 0.493 e. The van der Waals surface area contributed by atoms with Crippen molar-refractivity contribution in [2.45, 2.75) is 39.5 Å². The van der Waals surface area contributed by atoms with Crippen molar-refractivity contribution in [3.05, 3.63) is 34.2 Å². The zero-order valence-electron chi connectivity index (χ0n) is 13.1. The molecule has 2 rings (SSSR count). The highest BCUT2D eigenvalue weighted by atomic mass is 32.1. The van der Waals surface area contributed by atoms with Crippen LogP contribution in [0.5, 0.6) is 5.75 Å². The van der Waals surface area contributed by atoms with Crippen molar-refractivity contribution in [1.82, 2.24) is 4.98 Å². The quantitative estimate of drug-likeness (QED) is 0.833. The highest BCUT2D eigenvalue weighted by molar-refractivity contribution is 7.09. The zero-order valence-corrected chi connectivity index (χ0v) is 13.9. The van der Waals surface area contributed by atoms with Crippen LogP contribution in [0.2, 0.25) is 0 Å². The Hall–Kier alpha value is -1.39. The van der Waals surface area contributed by atoms with E-state index in [4.69, 9.17) is 15.5 Å². The second-order valence-corrected chi connectivity index (χ2v) is 6.11. The first-order valence-electron chi connectivity index (χ1n) is 7.61. The van der Waals surface area contributed by atoms with E-state index in [1.165, 1.54) is 5.56 Å². The van der Waals surface area contributed by atoms with Crippen LogP contribution in [0.4, 0.5) is 0 Å². The maximum Gasteiger partial charge on any atom is 0.128 e. The van der Waals surface area contributed by atoms with Gasteiger partial charge >= 0.3 is 0 Å². The highest BCUT2D eigenvalue weighted by Gasteiger charge is 2.13. The molecule has 1 atom stereocenters. The van der Waals surface area contributed by atoms with Gasteiger partial charge in [0.25, 0.3) is 0 Å². The monoisotopic (exact) mass is 304 g/mol. The number of hydrogen-bond acceptors (Lipinski definition) is 4. The molecule has 2 aromatic rings. The van der Waals surface area contributed by atoms with E-state index in [0.29, 0.717) is 19.1 Å². The minimum atomic E-state index is 0.543. The van der Waals surface area contributed by atoms with Gasteiger partial charge in [0.2, 0.25) is 0 Å². The first kappa shape index (κ1) is 16.0. The lowest BCUT2D eigenvalue weighted by atomic mass is 9.96. The minimum Gasteiger partial charge on any atom is -0.493 e. The van der Waals surface area contributed by atoms with Crippen LogP contribution in [0, 0.1) is 0 Å². The fraction of sp³-hybridized carbons (Fsp3) is 0.471. The molecule has 0 spiro atoms. The van der Waals surface area contributed by atoms with Crippen LogP contribution in [0.3, 0.4) is 0 Å². The molecule has 0 radical (unpaired) electrons. The van der Waals surface area contributed by atoms with Gasteiger partial charge < -0.3 is 10.5 Å². The van der Waals surface area contributed by atoms with Crippen LogP contribution >= 0.6 is 11.3 Å². The lowest BCUT2D eigenvalue weighted by Crippen LogP contribution is -2.02. The molecule has 1 unspecified atom stereocenters. The smallest absolute Gasteiger partial charge is 0.128 e. The van der Waals surface area contributed by atoms with Gasteiger partial charge in [-0.1, -0.05) is 19.9 Å². The molecule has 0 aliphatic rings. The van der Waals surface area contributed by atoms with Crippen LogP contribution in [0.1, 0.15) is 43.7 Å². The average molecular weight is 304 g/mol. The number of nitrogens with two attached hydrogens (primary N) is 1. The van der Waals surface area contributed by atoms with Crippen molar-refractivity contribution >= 4 is 11.3 Å². The summed E-state index contributed by atoms with van der Waals surface area (Å²) in [5.74, 6) is 1.45. The van der Waals surface area contributed by atoms with Gasteiger partial charge in [0, 0.05) is 17.4 Å². The zero-order chi connectivity index (χ0) is 15.2. The van der Waals surface area contributed by atoms with E-state index in [1.807, 2.05) is 6.92 Å². The molecule has 21 heavy (non-hydrogen) atoms. The Morgan fingerprint density at radius 3 is 2.81 bits per heavy atom. The molecule has 1 aromatic heterocycles. The van der Waals surface area contributed by atoms with Gasteiger partial charge in [-0.25, -0.2) is 4.98 Å². The van der Waals surface area contributed by atoms with E-state index in [1.54, 1.807) is 11.3 Å². The minimum absolute atomic E-state index is 0.543. The summed E-state index contributed by atoms with van der Waals surface area (Å²) in [4.78, 5) is 4.70. The van der Waals surface area contributed by atoms with Crippen LogP contribution in [0.25, 0.3) is 11.3 Å². The van der Waals surface area contributed by atoms with Crippen LogP contribution < -0.4 is 10.5 Å². The molecule has 0 aliphatic heterocycles. The summed E-state index contributed by atoms with van der Waals surface area (Å²) in [7, 11) is 0. The summed E-state index contributed by atoms with van der Waals surface area (Å²) in [5.41, 5.74) is 9.04. The number of hydrogen-bond donors (Lipinski definition) is 1. The van der Waals surface area contributed by atoms with Crippen LogP contribution in [-0.4, -0.2) is 18.1 Å². The third-order valence-corrected chi connectivity index (χ3v) is 4.58. The standard InChI is InChI=1S/C17H24N2OS/c1-4-12(3)13-6-7-16(20-5-2)14(10-13)15-11-21-17(19-15)8-9-18/h6-7,10-12H,4-5,8-9,18H2,1-3H3. The SMILES string of the molecule is CCOc1ccc(C(C)CC)cc1-c1csc(CCN)n1. The fourth-order valence-electron chi connectivity index (χ4n) is 2.24. The molecule has 0 amide bonds. The molecule has 2 N–H and O–H groups in total. The second-order valence-electron chi connectivity index (χ2n) is 5.16. The number of aromatic nitrogens is 1. The first-order chi connectivity index (χ1) is 10.2. The first-order valence-corrected chi connectivity index (χ1v) is 8.49. The third kappa shape index (κ3) is 3.83. The van der Waals surface area contributed by atoms with Gasteiger partial charge in [0.15, 0.2) is 0 Å². The van der Waals surface area contributed by atoms with Gasteiger partial charge in [-0.15, -0.1) is 11.3 Å². The topological polar surface area (TPSA) is 48.1 Å². The number of benzene rings is 1. The van der Waals surface area contributed by atoms with Gasteiger partial charge in [-0.3, -0.25) is 0 Å². The summed E-state index contributed by atoms with van der Waals surface area (Å²) in [6.45, 7) is 7.77. The van der Waals surface area contributed by atoms with Crippen LogP contribution in [0.15, 0.2) is 23.6 Å². The second kappa shape index (κ2) is 7.57. The van der Waals surface area contributed by atoms with E-state index in [-0.39, 0.29) is 0 Å². The molecular formula is C17H24N2OS. The van der Waals surface area contributed by atoms with Crippen molar-refractivity contribution in [3.63, 3.8) is 0 Å². The summed E-state index contributed by atoms with van der Waals surface area (Å²) in [6.07, 6.45) is 1.96. The van der Waals surface area contributed by atoms with Crippen molar-refractivity contribution in [3.8, 4) is 17.0 Å². The Labute approximate surface area is 131 Å². The summed E-state index contributed by atoms with van der Waals surface area (Å²) < 4.78 is 5.77. The van der Waals surface area contributed by atoms with Gasteiger partial charge in [-0.05, 0) is 43.5 Å². The molecule has 4 heteroatoms. The summed E-state index contributed by atoms with van der Waals surface area (Å²) in [5, 5.41) is 3.19. The molecule has 1 aromatic carbocycles. The van der Waals surface area contributed by atoms with Gasteiger partial charge in [0.1, 0.15) is 5.75 Å². The molecular weight excluding hydrogens is 280 g/mol. The maximum atomic E-state index is 5.77. The van der Waals surface area contributed by atoms with E-state index >= 15 is 0 Å². The van der Waals surface area contributed by atoms with Gasteiger partial charge in [-0.2, -0.15) is 0 Å². The molecule has 0 bridgehead atoms. The molecule has 1 heterocycles. The number of ether oxygens (including phenoxy) is 1. The number of nitrogens with zero attached hydrogens (tertiary/aromatic N) is 1. The van der Waals surface area contributed by atoms with E-state index in [9.17, 15) is 0 Å². The predicted molar refractivity (Wildman–Crippen MR) is 90.2 cm³/mol. The third-order valence-electron chi connectivity index (χ3n) is 3.67. The van der Waals surface area contributed by atoms with Crippen molar-refractivity contribution in [1.29, 1.82) is 0 Å². The van der Waals surface area contributed by atoms with E-state index in [0.717, 1.165) is 34.9 Å². The molecule has 0 aliphatic carbocycles. The van der Waals surface area contributed by atoms with Crippen molar-refractivity contribution in [2.75, 3.05) is 13.2 Å². The highest BCUT2D eigenvalue weighted by Crippen LogP contribution is 2.34. The maximum absolute atomic E-state index is 5.77. The Kier molecular flexibility index (Phi) is 5.76. The Balaban J connectivity index is 2.41. The number of rotatable bonds is 7. The normalized spacial score (nSPS) is 12.4. The Morgan fingerprint density at radius 2 is 2.14 bits per heavy atom. The average Bonchev–Trinajstić information content (AvgIpc) is 2.96. The molecule has 0 saturated carbocycles. The summed E-state index contributed by atoms with van der Waals surface area (Å²) >= 11 is 1.67. The molecule has 3 nitrogen and oxygen atoms in total. The molecule has 0 fully saturated rings. The predicted octanol–water partition coefficient (Wildman–Crippen LogP) is 4.22. The van der Waals surface area contributed by atoms with Crippen molar-refractivity contribution < 1.29 is 4.74 Å².